The number of rotatable bonds is 0. The number of aliphatic hydroxyl groups excluding tert-OH is 15. The average Bonchev–Trinajstić information content (AvgIpc) is 3.00. The van der Waals surface area contributed by atoms with Crippen molar-refractivity contribution in [1.82, 2.24) is 0 Å². The normalized spacial score (nSPS) is 0.783. The fourth-order valence-corrected chi connectivity index (χ4v) is 0. The molecule has 0 fully saturated rings. The molecule has 0 aliphatic carbocycles. The third kappa shape index (κ3) is 3910000. The van der Waals surface area contributed by atoms with Gasteiger partial charge in [-0.05, 0) is 0 Å². The lowest BCUT2D eigenvalue weighted by Gasteiger charge is -1.21. The van der Waals surface area contributed by atoms with Crippen molar-refractivity contribution in [3.8, 4) is 0 Å². The van der Waals surface area contributed by atoms with E-state index < -0.39 is 0 Å². The number of hydrogen-bond acceptors (Lipinski definition) is 15. The first-order chi connectivity index (χ1) is 15.0. The summed E-state index contributed by atoms with van der Waals surface area (Å²) in [7, 11) is 15.0. The first kappa shape index (κ1) is 7090. The molecule has 170 radical (unpaired) electrons. The van der Waals surface area contributed by atoms with Gasteiger partial charge in [-0.1, -0.05) is 631 Å². The van der Waals surface area contributed by atoms with Gasteiger partial charge in [-0.15, -0.1) is 0 Å². The monoisotopic (exact) mass is 1670 g/mol. The minimum Gasteiger partial charge on any atom is -0.400 e. The van der Waals surface area contributed by atoms with E-state index in [4.69, 9.17) is 76.6 Å². The zero-order valence-electron chi connectivity index (χ0n) is 81.8. The standard InChI is InChI=1S/15CH4O.85CH2/c15*1-2;;;;;;;;;;;;;;;;;;;;;;;;;;;;;;;;;;;;;;;;;;;;;;;;;;;;;;;;;;;;;;;;;;;;;;;;;;;;;;;;;;;;;/h15*2H,1H3;85*1H2. The van der Waals surface area contributed by atoms with Gasteiger partial charge in [0, 0.05) is 107 Å². The van der Waals surface area contributed by atoms with Gasteiger partial charge in [-0.25, -0.2) is 0 Å². The highest BCUT2D eigenvalue weighted by Crippen LogP contribution is 0.787. The molecule has 15 N–H and O–H groups in total. The minimum absolute atomic E-state index is 0. The summed E-state index contributed by atoms with van der Waals surface area (Å²) in [5.41, 5.74) is 0. The van der Waals surface area contributed by atoms with Gasteiger partial charge in [0.25, 0.3) is 0 Å². The van der Waals surface area contributed by atoms with Crippen LogP contribution in [0.2, 0.25) is 0 Å². The Kier molecular flexibility index (Phi) is 246000000. The predicted octanol–water partition coefficient (Wildman–Crippen LogP) is 21.9. The van der Waals surface area contributed by atoms with Crippen LogP contribution in [0.4, 0.5) is 0 Å². The van der Waals surface area contributed by atoms with Crippen LogP contribution >= 0.6 is 0 Å². The van der Waals surface area contributed by atoms with Crippen molar-refractivity contribution in [3.05, 3.63) is 631 Å². The zero-order valence-corrected chi connectivity index (χ0v) is 81.8. The maximum Gasteiger partial charge on any atom is 0.0319 e. The van der Waals surface area contributed by atoms with E-state index >= 15 is 0 Å². The predicted molar refractivity (Wildman–Crippen MR) is 577 cm³/mol. The molecular weight excluding hydrogens is 1440 g/mol. The number of aliphatic hydroxyl groups is 15. The van der Waals surface area contributed by atoms with Gasteiger partial charge in [0.2, 0.25) is 0 Å². The highest BCUT2D eigenvalue weighted by molar-refractivity contribution is 3.34. The van der Waals surface area contributed by atoms with Crippen molar-refractivity contribution in [2.45, 2.75) is 0 Å². The maximum absolute atomic E-state index is 7.00. The molecule has 720 valence electrons. The van der Waals surface area contributed by atoms with Crippen molar-refractivity contribution in [3.63, 3.8) is 0 Å². The van der Waals surface area contributed by atoms with Gasteiger partial charge in [-0.3, -0.25) is 0 Å². The molecule has 0 rings (SSSR count). The molecule has 0 atom stereocenters. The molecular formula is C100H230O15. The summed E-state index contributed by atoms with van der Waals surface area (Å²) in [5.74, 6) is 0. The van der Waals surface area contributed by atoms with E-state index in [9.17, 15) is 0 Å². The summed E-state index contributed by atoms with van der Waals surface area (Å²) < 4.78 is 0. The van der Waals surface area contributed by atoms with Crippen LogP contribution in [0.1, 0.15) is 0 Å². The molecule has 115 heavy (non-hydrogen) atoms. The largest absolute Gasteiger partial charge is 0.400 e. The average molecular weight is 1670 g/mol. The van der Waals surface area contributed by atoms with Crippen LogP contribution in [0.15, 0.2) is 0 Å². The highest BCUT2D eigenvalue weighted by atomic mass is 16.3. The lowest BCUT2D eigenvalue weighted by atomic mass is 11.8. The van der Waals surface area contributed by atoms with Gasteiger partial charge >= 0.3 is 0 Å². The second-order valence-electron chi connectivity index (χ2n) is 0. The van der Waals surface area contributed by atoms with E-state index in [0.717, 1.165) is 107 Å². The third-order valence-electron chi connectivity index (χ3n) is 0. The summed E-state index contributed by atoms with van der Waals surface area (Å²) in [6.45, 7) is 0. The van der Waals surface area contributed by atoms with Crippen molar-refractivity contribution < 1.29 is 76.6 Å². The molecule has 0 unspecified atom stereocenters. The lowest BCUT2D eigenvalue weighted by Crippen LogP contribution is -1.25. The molecule has 0 aromatic rings. The second kappa shape index (κ2) is 3980000. The fourth-order valence-electron chi connectivity index (χ4n) is 0. The quantitative estimate of drug-likeness (QED) is 0.107. The van der Waals surface area contributed by atoms with Crippen molar-refractivity contribution in [1.29, 1.82) is 0 Å². The Morgan fingerprint density at radius 3 is 0.0348 bits per heavy atom. The minimum atomic E-state index is 0. The van der Waals surface area contributed by atoms with Crippen LogP contribution in [-0.2, 0) is 0 Å². The van der Waals surface area contributed by atoms with Crippen molar-refractivity contribution >= 4 is 0 Å². The van der Waals surface area contributed by atoms with Crippen LogP contribution in [0.5, 0.6) is 0 Å². The van der Waals surface area contributed by atoms with Gasteiger partial charge in [0.05, 0.1) is 0 Å². The topological polar surface area (TPSA) is 303 Å². The fraction of sp³-hybridized carbons (Fsp3) is 0.150. The summed E-state index contributed by atoms with van der Waals surface area (Å²) in [6, 6.07) is 0. The second-order valence-corrected chi connectivity index (χ2v) is 0. The molecule has 15 heteroatoms. The lowest BCUT2D eigenvalue weighted by molar-refractivity contribution is 0.399. The highest BCUT2D eigenvalue weighted by Gasteiger charge is 0.870. The van der Waals surface area contributed by atoms with E-state index in [2.05, 4.69) is 0 Å². The van der Waals surface area contributed by atoms with Gasteiger partial charge in [0.1, 0.15) is 0 Å². The van der Waals surface area contributed by atoms with E-state index in [1.165, 1.54) is 0 Å². The molecule has 0 saturated carbocycles. The molecule has 15 nitrogen and oxygen atoms in total. The van der Waals surface area contributed by atoms with Crippen molar-refractivity contribution in [2.24, 2.45) is 0 Å². The van der Waals surface area contributed by atoms with Crippen molar-refractivity contribution in [2.75, 3.05) is 107 Å². The summed E-state index contributed by atoms with van der Waals surface area (Å²) in [4.78, 5) is 0. The van der Waals surface area contributed by atoms with E-state index in [-0.39, 0.29) is 631 Å². The van der Waals surface area contributed by atoms with Crippen LogP contribution in [0, 0.1) is 631 Å². The Bertz CT molecular complexity index is 64.2. The maximum atomic E-state index is 7.00. The van der Waals surface area contributed by atoms with Crippen LogP contribution in [-0.4, -0.2) is 183 Å². The molecule has 0 spiro atoms. The Morgan fingerprint density at radius 2 is 0.0348 bits per heavy atom. The Labute approximate surface area is 810 Å². The van der Waals surface area contributed by atoms with E-state index in [0.29, 0.717) is 0 Å². The molecule has 0 heterocycles. The Hall–Kier alpha value is -0.600. The Morgan fingerprint density at radius 1 is 0.0348 bits per heavy atom. The first-order valence-corrected chi connectivity index (χ1v) is 6.71. The van der Waals surface area contributed by atoms with Crippen LogP contribution in [0.3, 0.4) is 0 Å². The van der Waals surface area contributed by atoms with E-state index in [1.807, 2.05) is 0 Å². The summed E-state index contributed by atoms with van der Waals surface area (Å²) in [5, 5.41) is 105. The molecule has 0 amide bonds. The SMILES string of the molecule is CO.CO.CO.CO.CO.CO.CO.CO.CO.CO.CO.CO.CO.CO.CO.[CH2].[CH2].[CH2].[CH2].[CH2].[CH2].[CH2].[CH2].[CH2].[CH2].[CH2].[CH2].[CH2].[CH2].[CH2].[CH2].[CH2].[CH2].[CH2].[CH2].[CH2].[CH2].[CH2].[CH2].[CH2].[CH2].[CH2].[CH2].[CH2].[CH2].[CH2].[CH2].[CH2].[CH2].[CH2].[CH2].[CH2].[CH2].[CH2].[CH2].[CH2].[CH2].[CH2].[CH2].[CH2].[CH2].[CH2].[CH2].[CH2].[CH2].[CH2].[CH2].[CH2].[CH2].[CH2].[CH2].[CH2].[CH2].[CH2].[CH2].[CH2].[CH2].[CH2].[CH2].[CH2].[CH2].[CH2].[CH2].[CH2].[CH2].[CH2].[CH2].[CH2].[CH2].[CH2].[CH2].[CH2].[CH2].[CH2].[CH2].[CH2].[CH2].[CH2].[CH2].[CH2]. The third-order valence-corrected chi connectivity index (χ3v) is 0. The zero-order chi connectivity index (χ0) is 30.0. The Balaban J connectivity index is -0.000000000203. The van der Waals surface area contributed by atoms with Crippen LogP contribution < -0.4 is 0 Å². The van der Waals surface area contributed by atoms with Gasteiger partial charge in [0.15, 0.2) is 0 Å². The summed E-state index contributed by atoms with van der Waals surface area (Å²) in [6.07, 6.45) is 0. The smallest absolute Gasteiger partial charge is 0.0319 e. The molecule has 0 aromatic heterocycles. The number of hydrogen-bond donors (Lipinski definition) is 15. The molecule has 0 saturated heterocycles. The first-order valence-electron chi connectivity index (χ1n) is 6.71. The van der Waals surface area contributed by atoms with Gasteiger partial charge in [-0.2, -0.15) is 0 Å². The molecule has 0 bridgehead atoms. The molecule has 0 aliphatic rings. The van der Waals surface area contributed by atoms with E-state index in [1.54, 1.807) is 0 Å². The molecule has 0 aromatic carbocycles. The molecule has 0 aliphatic heterocycles. The summed E-state index contributed by atoms with van der Waals surface area (Å²) >= 11 is 0. The van der Waals surface area contributed by atoms with Gasteiger partial charge < -0.3 is 76.6 Å². The van der Waals surface area contributed by atoms with Crippen LogP contribution in [0.25, 0.3) is 0 Å².